The van der Waals surface area contributed by atoms with E-state index in [1.807, 2.05) is 38.1 Å². The Hall–Kier alpha value is -0.830. The van der Waals surface area contributed by atoms with E-state index in [9.17, 15) is 4.21 Å². The van der Waals surface area contributed by atoms with Gasteiger partial charge < -0.3 is 0 Å². The van der Waals surface area contributed by atoms with E-state index in [-0.39, 0.29) is 6.04 Å². The van der Waals surface area contributed by atoms with Crippen molar-refractivity contribution < 1.29 is 4.21 Å². The summed E-state index contributed by atoms with van der Waals surface area (Å²) in [4.78, 5) is 4.85. The highest BCUT2D eigenvalue weighted by Gasteiger charge is 2.10. The smallest absolute Gasteiger partial charge is 0.0718 e. The zero-order valence-electron chi connectivity index (χ0n) is 9.47. The van der Waals surface area contributed by atoms with E-state index in [1.165, 1.54) is 5.56 Å². The lowest BCUT2D eigenvalue weighted by Gasteiger charge is -2.08. The van der Waals surface area contributed by atoms with Crippen molar-refractivity contribution >= 4 is 28.2 Å². The summed E-state index contributed by atoms with van der Waals surface area (Å²) in [6.07, 6.45) is 0.835. The first-order valence-corrected chi connectivity index (χ1v) is 6.92. The fraction of sp³-hybridized carbons (Fsp3) is 0.417. The van der Waals surface area contributed by atoms with Gasteiger partial charge in [0.1, 0.15) is 0 Å². The van der Waals surface area contributed by atoms with Crippen molar-refractivity contribution in [2.24, 2.45) is 4.99 Å². The van der Waals surface area contributed by atoms with Crippen LogP contribution in [0, 0.1) is 6.92 Å². The second kappa shape index (κ2) is 6.69. The summed E-state index contributed by atoms with van der Waals surface area (Å²) < 4.78 is 12.0. The quantitative estimate of drug-likeness (QED) is 0.596. The van der Waals surface area contributed by atoms with E-state index in [0.29, 0.717) is 5.75 Å². The zero-order valence-corrected chi connectivity index (χ0v) is 11.1. The Morgan fingerprint density at radius 2 is 2.06 bits per heavy atom. The Labute approximate surface area is 104 Å². The third-order valence-corrected chi connectivity index (χ3v) is 3.93. The van der Waals surface area contributed by atoms with Crippen molar-refractivity contribution in [1.82, 2.24) is 0 Å². The lowest BCUT2D eigenvalue weighted by atomic mass is 10.2. The molecule has 0 saturated carbocycles. The van der Waals surface area contributed by atoms with Crippen LogP contribution in [-0.4, -0.2) is 21.2 Å². The molecule has 16 heavy (non-hydrogen) atoms. The Morgan fingerprint density at radius 1 is 1.44 bits per heavy atom. The highest BCUT2D eigenvalue weighted by Crippen LogP contribution is 2.11. The normalized spacial score (nSPS) is 13.9. The number of hydrogen-bond donors (Lipinski definition) is 0. The summed E-state index contributed by atoms with van der Waals surface area (Å²) in [6.45, 7) is 4.02. The molecule has 0 heterocycles. The minimum Gasteiger partial charge on any atom is -0.254 e. The highest BCUT2D eigenvalue weighted by molar-refractivity contribution is 7.85. The molecule has 0 N–H and O–H groups in total. The number of rotatable bonds is 5. The second-order valence-corrected chi connectivity index (χ2v) is 5.29. The van der Waals surface area contributed by atoms with Gasteiger partial charge in [-0.2, -0.15) is 0 Å². The van der Waals surface area contributed by atoms with E-state index >= 15 is 0 Å². The van der Waals surface area contributed by atoms with Gasteiger partial charge in [-0.15, -0.1) is 0 Å². The van der Waals surface area contributed by atoms with Crippen molar-refractivity contribution in [2.45, 2.75) is 31.2 Å². The predicted molar refractivity (Wildman–Crippen MR) is 71.6 cm³/mol. The molecule has 0 saturated heterocycles. The first-order chi connectivity index (χ1) is 7.67. The topological polar surface area (TPSA) is 29.4 Å². The monoisotopic (exact) mass is 253 g/mol. The average molecular weight is 253 g/mol. The van der Waals surface area contributed by atoms with Crippen LogP contribution in [0.1, 0.15) is 18.9 Å². The summed E-state index contributed by atoms with van der Waals surface area (Å²) in [6, 6.07) is 7.76. The third kappa shape index (κ3) is 3.97. The van der Waals surface area contributed by atoms with E-state index in [4.69, 9.17) is 0 Å². The van der Waals surface area contributed by atoms with Gasteiger partial charge in [0, 0.05) is 4.90 Å². The molecule has 0 aliphatic carbocycles. The highest BCUT2D eigenvalue weighted by atomic mass is 32.2. The molecule has 0 aliphatic heterocycles. The van der Waals surface area contributed by atoms with Crippen LogP contribution in [0.3, 0.4) is 0 Å². The van der Waals surface area contributed by atoms with Crippen LogP contribution in [0.15, 0.2) is 34.2 Å². The number of aliphatic imine (C=N–C) groups is 1. The molecular formula is C12H15NOS2. The fourth-order valence-corrected chi connectivity index (χ4v) is 2.72. The maximum atomic E-state index is 12.0. The Kier molecular flexibility index (Phi) is 5.53. The molecule has 0 fully saturated rings. The molecule has 0 radical (unpaired) electrons. The van der Waals surface area contributed by atoms with Crippen LogP contribution in [-0.2, 0) is 10.8 Å². The fourth-order valence-electron chi connectivity index (χ4n) is 1.28. The summed E-state index contributed by atoms with van der Waals surface area (Å²) >= 11 is 4.57. The van der Waals surface area contributed by atoms with Gasteiger partial charge >= 0.3 is 0 Å². The molecule has 2 atom stereocenters. The number of aryl methyl sites for hydroxylation is 1. The van der Waals surface area contributed by atoms with Gasteiger partial charge in [0.25, 0.3) is 0 Å². The predicted octanol–water partition coefficient (Wildman–Crippen LogP) is 2.98. The second-order valence-electron chi connectivity index (χ2n) is 3.61. The summed E-state index contributed by atoms with van der Waals surface area (Å²) in [7, 11) is -1.00. The van der Waals surface area contributed by atoms with Crippen LogP contribution in [0.2, 0.25) is 0 Å². The van der Waals surface area contributed by atoms with Crippen molar-refractivity contribution in [3.8, 4) is 0 Å². The van der Waals surface area contributed by atoms with Gasteiger partial charge in [-0.3, -0.25) is 4.21 Å². The molecule has 0 bridgehead atoms. The maximum absolute atomic E-state index is 12.0. The number of thiocarbonyl (C=S) groups is 1. The number of hydrogen-bond acceptors (Lipinski definition) is 3. The van der Waals surface area contributed by atoms with E-state index in [1.54, 1.807) is 0 Å². The molecular weight excluding hydrogens is 238 g/mol. The molecule has 0 spiro atoms. The first kappa shape index (κ1) is 13.2. The molecule has 0 aromatic heterocycles. The van der Waals surface area contributed by atoms with Gasteiger partial charge in [0.2, 0.25) is 0 Å². The SMILES string of the molecule is CCC(CS(=O)c1ccc(C)cc1)N=C=S. The Morgan fingerprint density at radius 3 is 2.56 bits per heavy atom. The molecule has 2 unspecified atom stereocenters. The molecule has 2 nitrogen and oxygen atoms in total. The summed E-state index contributed by atoms with van der Waals surface area (Å²) in [5, 5.41) is 2.36. The molecule has 1 rings (SSSR count). The lowest BCUT2D eigenvalue weighted by Crippen LogP contribution is -2.13. The number of isothiocyanates is 1. The first-order valence-electron chi connectivity index (χ1n) is 5.19. The molecule has 1 aromatic rings. The lowest BCUT2D eigenvalue weighted by molar-refractivity contribution is 0.665. The van der Waals surface area contributed by atoms with Crippen molar-refractivity contribution in [3.63, 3.8) is 0 Å². The molecule has 1 aromatic carbocycles. The zero-order chi connectivity index (χ0) is 12.0. The van der Waals surface area contributed by atoms with E-state index < -0.39 is 10.8 Å². The van der Waals surface area contributed by atoms with E-state index in [2.05, 4.69) is 22.4 Å². The number of nitrogens with zero attached hydrogens (tertiary/aromatic N) is 1. The minimum absolute atomic E-state index is 0.0136. The van der Waals surface area contributed by atoms with Crippen LogP contribution >= 0.6 is 12.2 Å². The van der Waals surface area contributed by atoms with Gasteiger partial charge in [0.15, 0.2) is 0 Å². The minimum atomic E-state index is -1.00. The molecule has 0 aliphatic rings. The van der Waals surface area contributed by atoms with Gasteiger partial charge in [-0.05, 0) is 37.7 Å². The Balaban J connectivity index is 2.71. The largest absolute Gasteiger partial charge is 0.254 e. The third-order valence-electron chi connectivity index (χ3n) is 2.33. The van der Waals surface area contributed by atoms with E-state index in [0.717, 1.165) is 11.3 Å². The van der Waals surface area contributed by atoms with Crippen LogP contribution in [0.4, 0.5) is 0 Å². The van der Waals surface area contributed by atoms with Crippen molar-refractivity contribution in [1.29, 1.82) is 0 Å². The number of benzene rings is 1. The van der Waals surface area contributed by atoms with Gasteiger partial charge in [-0.1, -0.05) is 24.6 Å². The van der Waals surface area contributed by atoms with Gasteiger partial charge in [0.05, 0.1) is 27.8 Å². The summed E-state index contributed by atoms with van der Waals surface area (Å²) in [5.74, 6) is 0.517. The van der Waals surface area contributed by atoms with Gasteiger partial charge in [-0.25, -0.2) is 4.99 Å². The van der Waals surface area contributed by atoms with Crippen molar-refractivity contribution in [2.75, 3.05) is 5.75 Å². The molecule has 0 amide bonds. The van der Waals surface area contributed by atoms with Crippen molar-refractivity contribution in [3.05, 3.63) is 29.8 Å². The maximum Gasteiger partial charge on any atom is 0.0718 e. The van der Waals surface area contributed by atoms with Crippen LogP contribution in [0.25, 0.3) is 0 Å². The van der Waals surface area contributed by atoms with Crippen LogP contribution in [0.5, 0.6) is 0 Å². The summed E-state index contributed by atoms with van der Waals surface area (Å²) in [5.41, 5.74) is 1.17. The average Bonchev–Trinajstić information content (AvgIpc) is 2.29. The molecule has 86 valence electrons. The standard InChI is InChI=1S/C12H15NOS2/c1-3-11(13-9-15)8-16(14)12-6-4-10(2)5-7-12/h4-7,11H,3,8H2,1-2H3. The Bertz CT molecular complexity index is 408. The van der Waals surface area contributed by atoms with Crippen LogP contribution < -0.4 is 0 Å². The molecule has 4 heteroatoms.